The number of benzene rings is 1. The molecule has 0 aliphatic carbocycles. The molecule has 0 aromatic heterocycles. The second-order valence-corrected chi connectivity index (χ2v) is 6.85. The molecule has 4 atom stereocenters. The molecule has 4 amide bonds. The van der Waals surface area contributed by atoms with Gasteiger partial charge in [-0.3, -0.25) is 19.2 Å². The maximum atomic E-state index is 12.5. The third-order valence-electron chi connectivity index (χ3n) is 4.28. The zero-order valence-electron chi connectivity index (χ0n) is 17.1. The van der Waals surface area contributed by atoms with Crippen molar-refractivity contribution in [3.63, 3.8) is 0 Å². The Morgan fingerprint density at radius 1 is 0.812 bits per heavy atom. The number of carboxylic acids is 1. The molecule has 0 heterocycles. The van der Waals surface area contributed by atoms with E-state index in [2.05, 4.69) is 16.0 Å². The SMILES string of the molecule is NC(=O)CC(NC(=O)C(N)CO)C(=O)NC(CO)C(=O)NC(Cc1ccccc1)C(=O)O. The van der Waals surface area contributed by atoms with Crippen LogP contribution in [0.25, 0.3) is 0 Å². The molecule has 32 heavy (non-hydrogen) atoms. The summed E-state index contributed by atoms with van der Waals surface area (Å²) in [5.41, 5.74) is 11.0. The largest absolute Gasteiger partial charge is 0.480 e. The van der Waals surface area contributed by atoms with E-state index in [1.54, 1.807) is 30.3 Å². The van der Waals surface area contributed by atoms with Crippen LogP contribution in [0.2, 0.25) is 0 Å². The van der Waals surface area contributed by atoms with Crippen molar-refractivity contribution in [1.29, 1.82) is 0 Å². The average molecular weight is 453 g/mol. The van der Waals surface area contributed by atoms with Crippen molar-refractivity contribution >= 4 is 29.6 Å². The lowest BCUT2D eigenvalue weighted by Gasteiger charge is -2.23. The zero-order valence-corrected chi connectivity index (χ0v) is 17.1. The van der Waals surface area contributed by atoms with Crippen molar-refractivity contribution in [3.8, 4) is 0 Å². The summed E-state index contributed by atoms with van der Waals surface area (Å²) >= 11 is 0. The van der Waals surface area contributed by atoms with E-state index in [4.69, 9.17) is 16.6 Å². The van der Waals surface area contributed by atoms with Gasteiger partial charge < -0.3 is 42.7 Å². The summed E-state index contributed by atoms with van der Waals surface area (Å²) in [5, 5.41) is 34.3. The summed E-state index contributed by atoms with van der Waals surface area (Å²) in [5.74, 6) is -5.29. The summed E-state index contributed by atoms with van der Waals surface area (Å²) in [6, 6.07) is 2.63. The molecule has 0 fully saturated rings. The topological polar surface area (TPSA) is 234 Å². The van der Waals surface area contributed by atoms with Crippen LogP contribution < -0.4 is 27.4 Å². The number of nitrogens with one attached hydrogen (secondary N) is 3. The van der Waals surface area contributed by atoms with Crippen LogP contribution in [-0.2, 0) is 30.4 Å². The molecule has 4 unspecified atom stereocenters. The Kier molecular flexibility index (Phi) is 10.8. The van der Waals surface area contributed by atoms with E-state index in [-0.39, 0.29) is 6.42 Å². The van der Waals surface area contributed by atoms with Gasteiger partial charge in [0.1, 0.15) is 24.2 Å². The summed E-state index contributed by atoms with van der Waals surface area (Å²) in [6.45, 7) is -1.63. The maximum Gasteiger partial charge on any atom is 0.326 e. The zero-order chi connectivity index (χ0) is 24.3. The minimum Gasteiger partial charge on any atom is -0.480 e. The van der Waals surface area contributed by atoms with Gasteiger partial charge in [-0.1, -0.05) is 30.3 Å². The number of primary amides is 1. The fourth-order valence-electron chi connectivity index (χ4n) is 2.56. The minimum atomic E-state index is -1.58. The molecule has 0 aliphatic heterocycles. The Labute approximate surface area is 183 Å². The lowest BCUT2D eigenvalue weighted by atomic mass is 10.1. The van der Waals surface area contributed by atoms with Crippen molar-refractivity contribution < 1.29 is 39.3 Å². The fraction of sp³-hybridized carbons (Fsp3) is 0.421. The van der Waals surface area contributed by atoms with Crippen LogP contribution in [0.4, 0.5) is 0 Å². The molecule has 176 valence electrons. The second kappa shape index (κ2) is 13.0. The molecule has 0 saturated heterocycles. The Hall–Kier alpha value is -3.55. The molecule has 0 radical (unpaired) electrons. The van der Waals surface area contributed by atoms with Gasteiger partial charge in [0.15, 0.2) is 0 Å². The Balaban J connectivity index is 2.86. The second-order valence-electron chi connectivity index (χ2n) is 6.85. The normalized spacial score (nSPS) is 14.3. The third-order valence-corrected chi connectivity index (χ3v) is 4.28. The number of carboxylic acid groups (broad SMARTS) is 1. The first-order chi connectivity index (χ1) is 15.1. The summed E-state index contributed by atoms with van der Waals surface area (Å²) in [6.07, 6.45) is -0.700. The molecule has 10 N–H and O–H groups in total. The number of amides is 4. The molecular weight excluding hydrogens is 426 g/mol. The Morgan fingerprint density at radius 2 is 1.34 bits per heavy atom. The van der Waals surface area contributed by atoms with Crippen LogP contribution in [0.1, 0.15) is 12.0 Å². The number of rotatable bonds is 13. The van der Waals surface area contributed by atoms with E-state index in [1.165, 1.54) is 0 Å². The van der Waals surface area contributed by atoms with Gasteiger partial charge in [-0.25, -0.2) is 4.79 Å². The molecule has 13 nitrogen and oxygen atoms in total. The average Bonchev–Trinajstić information content (AvgIpc) is 2.75. The van der Waals surface area contributed by atoms with Crippen LogP contribution in [0, 0.1) is 0 Å². The van der Waals surface area contributed by atoms with Crippen molar-refractivity contribution in [3.05, 3.63) is 35.9 Å². The first-order valence-corrected chi connectivity index (χ1v) is 9.52. The number of hydrogen-bond acceptors (Lipinski definition) is 8. The summed E-state index contributed by atoms with van der Waals surface area (Å²) in [4.78, 5) is 59.5. The van der Waals surface area contributed by atoms with Crippen molar-refractivity contribution in [2.24, 2.45) is 11.5 Å². The number of carbonyl (C=O) groups is 5. The smallest absolute Gasteiger partial charge is 0.326 e. The first kappa shape index (κ1) is 26.5. The molecule has 1 aromatic rings. The monoisotopic (exact) mass is 453 g/mol. The van der Waals surface area contributed by atoms with Crippen molar-refractivity contribution in [2.45, 2.75) is 37.0 Å². The van der Waals surface area contributed by atoms with E-state index in [0.29, 0.717) is 5.56 Å². The highest BCUT2D eigenvalue weighted by Gasteiger charge is 2.30. The van der Waals surface area contributed by atoms with Gasteiger partial charge >= 0.3 is 5.97 Å². The number of carbonyl (C=O) groups excluding carboxylic acids is 4. The molecule has 1 aromatic carbocycles. The molecule has 0 spiro atoms. The highest BCUT2D eigenvalue weighted by atomic mass is 16.4. The van der Waals surface area contributed by atoms with Gasteiger partial charge in [-0.05, 0) is 5.56 Å². The van der Waals surface area contributed by atoms with Gasteiger partial charge in [0.05, 0.1) is 19.6 Å². The summed E-state index contributed by atoms with van der Waals surface area (Å²) in [7, 11) is 0. The first-order valence-electron chi connectivity index (χ1n) is 9.52. The lowest BCUT2D eigenvalue weighted by molar-refractivity contribution is -0.142. The van der Waals surface area contributed by atoms with E-state index in [0.717, 1.165) is 0 Å². The molecule has 0 saturated carbocycles. The van der Waals surface area contributed by atoms with Gasteiger partial charge in [-0.15, -0.1) is 0 Å². The van der Waals surface area contributed by atoms with E-state index in [9.17, 15) is 34.2 Å². The Morgan fingerprint density at radius 3 is 1.84 bits per heavy atom. The lowest BCUT2D eigenvalue weighted by Crippen LogP contribution is -2.59. The van der Waals surface area contributed by atoms with Gasteiger partial charge in [0.25, 0.3) is 0 Å². The predicted octanol–water partition coefficient (Wildman–Crippen LogP) is -4.04. The highest BCUT2D eigenvalue weighted by molar-refractivity contribution is 5.96. The third kappa shape index (κ3) is 8.67. The number of aliphatic hydroxyl groups is 2. The minimum absolute atomic E-state index is 0.0482. The molecule has 13 heteroatoms. The van der Waals surface area contributed by atoms with Gasteiger partial charge in [0, 0.05) is 6.42 Å². The van der Waals surface area contributed by atoms with E-state index in [1.807, 2.05) is 0 Å². The number of aliphatic hydroxyl groups excluding tert-OH is 2. The number of nitrogens with two attached hydrogens (primary N) is 2. The van der Waals surface area contributed by atoms with Crippen LogP contribution in [-0.4, -0.2) is 82.3 Å². The molecule has 0 bridgehead atoms. The van der Waals surface area contributed by atoms with Gasteiger partial charge in [-0.2, -0.15) is 0 Å². The predicted molar refractivity (Wildman–Crippen MR) is 110 cm³/mol. The molecule has 1 rings (SSSR count). The fourth-order valence-corrected chi connectivity index (χ4v) is 2.56. The number of aliphatic carboxylic acids is 1. The van der Waals surface area contributed by atoms with Gasteiger partial charge in [0.2, 0.25) is 23.6 Å². The highest BCUT2D eigenvalue weighted by Crippen LogP contribution is 2.04. The van der Waals surface area contributed by atoms with Crippen LogP contribution in [0.3, 0.4) is 0 Å². The Bertz CT molecular complexity index is 819. The van der Waals surface area contributed by atoms with E-state index < -0.39 is 73.4 Å². The van der Waals surface area contributed by atoms with E-state index >= 15 is 0 Å². The van der Waals surface area contributed by atoms with Crippen molar-refractivity contribution in [2.75, 3.05) is 13.2 Å². The van der Waals surface area contributed by atoms with Crippen LogP contribution in [0.5, 0.6) is 0 Å². The standard InChI is InChI=1S/C19H27N5O8/c20-11(8-25)16(28)22-12(7-15(21)27)17(29)24-14(9-26)18(30)23-13(19(31)32)6-10-4-2-1-3-5-10/h1-5,11-14,25-26H,6-9,20H2,(H2,21,27)(H,22,28)(H,23,30)(H,24,29)(H,31,32). The van der Waals surface area contributed by atoms with Crippen LogP contribution >= 0.6 is 0 Å². The van der Waals surface area contributed by atoms with Crippen molar-refractivity contribution in [1.82, 2.24) is 16.0 Å². The summed E-state index contributed by atoms with van der Waals surface area (Å²) < 4.78 is 0. The van der Waals surface area contributed by atoms with Crippen LogP contribution in [0.15, 0.2) is 30.3 Å². The quantitative estimate of drug-likeness (QED) is 0.145. The number of hydrogen-bond donors (Lipinski definition) is 8. The maximum absolute atomic E-state index is 12.5. The molecule has 0 aliphatic rings. The molecular formula is C19H27N5O8.